The van der Waals surface area contributed by atoms with Crippen molar-refractivity contribution in [3.63, 3.8) is 0 Å². The van der Waals surface area contributed by atoms with Gasteiger partial charge in [0.2, 0.25) is 5.95 Å². The highest BCUT2D eigenvalue weighted by molar-refractivity contribution is 6.30. The normalized spacial score (nSPS) is 14.0. The highest BCUT2D eigenvalue weighted by Gasteiger charge is 2.24. The van der Waals surface area contributed by atoms with Gasteiger partial charge in [-0.3, -0.25) is 4.79 Å². The third-order valence-corrected chi connectivity index (χ3v) is 5.36. The maximum absolute atomic E-state index is 12.7. The van der Waals surface area contributed by atoms with E-state index in [0.29, 0.717) is 42.7 Å². The van der Waals surface area contributed by atoms with E-state index in [4.69, 9.17) is 16.6 Å². The van der Waals surface area contributed by atoms with Gasteiger partial charge in [0.1, 0.15) is 5.82 Å². The molecule has 4 rings (SSSR count). The maximum Gasteiger partial charge on any atom is 0.253 e. The van der Waals surface area contributed by atoms with Crippen molar-refractivity contribution < 1.29 is 4.79 Å². The quantitative estimate of drug-likeness (QED) is 0.674. The van der Waals surface area contributed by atoms with Crippen molar-refractivity contribution in [3.8, 4) is 0 Å². The number of carbonyl (C=O) groups excluding carboxylic acids is 1. The van der Waals surface area contributed by atoms with Crippen LogP contribution in [0.2, 0.25) is 5.02 Å². The van der Waals surface area contributed by atoms with Gasteiger partial charge in [-0.25, -0.2) is 4.98 Å². The van der Waals surface area contributed by atoms with Crippen LogP contribution in [-0.2, 0) is 0 Å². The summed E-state index contributed by atoms with van der Waals surface area (Å²) in [7, 11) is 0. The molecule has 1 aromatic heterocycles. The highest BCUT2D eigenvalue weighted by Crippen LogP contribution is 2.20. The number of nitrogens with one attached hydrogen (secondary N) is 1. The highest BCUT2D eigenvalue weighted by atomic mass is 35.5. The van der Waals surface area contributed by atoms with E-state index in [2.05, 4.69) is 34.3 Å². The summed E-state index contributed by atoms with van der Waals surface area (Å²) in [6, 6.07) is 17.2. The van der Waals surface area contributed by atoms with Gasteiger partial charge in [-0.15, -0.1) is 0 Å². The number of anilines is 3. The molecule has 1 amide bonds. The molecule has 30 heavy (non-hydrogen) atoms. The van der Waals surface area contributed by atoms with E-state index < -0.39 is 0 Å². The molecule has 2 heterocycles. The van der Waals surface area contributed by atoms with E-state index >= 15 is 0 Å². The molecule has 2 aromatic carbocycles. The SMILES string of the molecule is Cc1ccc(Nc2cc(C)nc(N3CCN(C(=O)c4ccc(Cl)cc4)CC3)n2)cc1. The van der Waals surface area contributed by atoms with Crippen molar-refractivity contribution in [3.05, 3.63) is 76.4 Å². The third-order valence-electron chi connectivity index (χ3n) is 5.11. The molecule has 1 fully saturated rings. The molecule has 1 aliphatic heterocycles. The van der Waals surface area contributed by atoms with Crippen LogP contribution in [0, 0.1) is 13.8 Å². The lowest BCUT2D eigenvalue weighted by Gasteiger charge is -2.35. The Balaban J connectivity index is 1.42. The van der Waals surface area contributed by atoms with Gasteiger partial charge in [0.05, 0.1) is 0 Å². The van der Waals surface area contributed by atoms with Gasteiger partial charge in [-0.2, -0.15) is 4.98 Å². The molecule has 1 aliphatic rings. The third kappa shape index (κ3) is 4.71. The zero-order valence-corrected chi connectivity index (χ0v) is 17.9. The molecular formula is C23H24ClN5O. The molecule has 1 N–H and O–H groups in total. The minimum absolute atomic E-state index is 0.0261. The maximum atomic E-state index is 12.7. The number of amides is 1. The van der Waals surface area contributed by atoms with Crippen molar-refractivity contribution in [2.24, 2.45) is 0 Å². The second-order valence-electron chi connectivity index (χ2n) is 7.47. The summed E-state index contributed by atoms with van der Waals surface area (Å²) in [5.41, 5.74) is 3.76. The average Bonchev–Trinajstić information content (AvgIpc) is 2.75. The van der Waals surface area contributed by atoms with E-state index in [1.165, 1.54) is 5.56 Å². The van der Waals surface area contributed by atoms with Gasteiger partial charge >= 0.3 is 0 Å². The van der Waals surface area contributed by atoms with Gasteiger partial charge in [0.15, 0.2) is 0 Å². The summed E-state index contributed by atoms with van der Waals surface area (Å²) in [4.78, 5) is 26.0. The number of piperazine rings is 1. The molecular weight excluding hydrogens is 398 g/mol. The summed E-state index contributed by atoms with van der Waals surface area (Å²) in [6.45, 7) is 6.65. The molecule has 0 bridgehead atoms. The fourth-order valence-electron chi connectivity index (χ4n) is 3.43. The van der Waals surface area contributed by atoms with Gasteiger partial charge < -0.3 is 15.1 Å². The molecule has 154 valence electrons. The summed E-state index contributed by atoms with van der Waals surface area (Å²) in [5, 5.41) is 3.98. The molecule has 0 unspecified atom stereocenters. The molecule has 6 nitrogen and oxygen atoms in total. The Morgan fingerprint density at radius 1 is 0.933 bits per heavy atom. The Hall–Kier alpha value is -3.12. The van der Waals surface area contributed by atoms with E-state index in [0.717, 1.165) is 17.2 Å². The number of rotatable bonds is 4. The standard InChI is InChI=1S/C23H24ClN5O/c1-16-3-9-20(10-4-16)26-21-15-17(2)25-23(27-21)29-13-11-28(12-14-29)22(30)18-5-7-19(24)8-6-18/h3-10,15H,11-14H2,1-2H3,(H,25,26,27). The first-order valence-electron chi connectivity index (χ1n) is 9.97. The number of carbonyl (C=O) groups is 1. The number of hydrogen-bond donors (Lipinski definition) is 1. The van der Waals surface area contributed by atoms with E-state index in [-0.39, 0.29) is 5.91 Å². The molecule has 7 heteroatoms. The molecule has 0 spiro atoms. The summed E-state index contributed by atoms with van der Waals surface area (Å²) < 4.78 is 0. The second kappa shape index (κ2) is 8.71. The predicted octanol–water partition coefficient (Wildman–Crippen LogP) is 4.45. The van der Waals surface area contributed by atoms with Crippen LogP contribution >= 0.6 is 11.6 Å². The average molecular weight is 422 g/mol. The molecule has 0 saturated carbocycles. The predicted molar refractivity (Wildman–Crippen MR) is 121 cm³/mol. The van der Waals surface area contributed by atoms with Gasteiger partial charge in [0.25, 0.3) is 5.91 Å². The molecule has 0 atom stereocenters. The number of halogens is 1. The Morgan fingerprint density at radius 3 is 2.27 bits per heavy atom. The summed E-state index contributed by atoms with van der Waals surface area (Å²) in [6.07, 6.45) is 0. The number of hydrogen-bond acceptors (Lipinski definition) is 5. The van der Waals surface area contributed by atoms with Crippen LogP contribution in [0.25, 0.3) is 0 Å². The van der Waals surface area contributed by atoms with E-state index in [9.17, 15) is 4.79 Å². The minimum atomic E-state index is 0.0261. The van der Waals surface area contributed by atoms with Gasteiger partial charge in [0, 0.05) is 54.2 Å². The van der Waals surface area contributed by atoms with Gasteiger partial charge in [-0.1, -0.05) is 29.3 Å². The van der Waals surface area contributed by atoms with Crippen LogP contribution in [0.1, 0.15) is 21.6 Å². The van der Waals surface area contributed by atoms with Crippen LogP contribution in [0.4, 0.5) is 17.5 Å². The Morgan fingerprint density at radius 2 is 1.60 bits per heavy atom. The van der Waals surface area contributed by atoms with Crippen molar-refractivity contribution in [1.29, 1.82) is 0 Å². The lowest BCUT2D eigenvalue weighted by atomic mass is 10.2. The smallest absolute Gasteiger partial charge is 0.253 e. The Labute approximate surface area is 181 Å². The fraction of sp³-hybridized carbons (Fsp3) is 0.261. The van der Waals surface area contributed by atoms with E-state index in [1.807, 2.05) is 30.0 Å². The Bertz CT molecular complexity index is 1030. The Kier molecular flexibility index (Phi) is 5.86. The molecule has 1 saturated heterocycles. The van der Waals surface area contributed by atoms with Crippen LogP contribution in [0.3, 0.4) is 0 Å². The molecule has 0 aliphatic carbocycles. The van der Waals surface area contributed by atoms with Crippen LogP contribution in [0.15, 0.2) is 54.6 Å². The molecule has 0 radical (unpaired) electrons. The first-order chi connectivity index (χ1) is 14.5. The minimum Gasteiger partial charge on any atom is -0.340 e. The first-order valence-corrected chi connectivity index (χ1v) is 10.3. The topological polar surface area (TPSA) is 61.4 Å². The number of benzene rings is 2. The lowest BCUT2D eigenvalue weighted by Crippen LogP contribution is -2.49. The van der Waals surface area contributed by atoms with Crippen LogP contribution in [0.5, 0.6) is 0 Å². The van der Waals surface area contributed by atoms with Crippen molar-refractivity contribution in [1.82, 2.24) is 14.9 Å². The molecule has 3 aromatic rings. The van der Waals surface area contributed by atoms with Crippen molar-refractivity contribution in [2.45, 2.75) is 13.8 Å². The fourth-order valence-corrected chi connectivity index (χ4v) is 3.55. The number of aromatic nitrogens is 2. The van der Waals surface area contributed by atoms with Crippen LogP contribution < -0.4 is 10.2 Å². The van der Waals surface area contributed by atoms with Crippen molar-refractivity contribution in [2.75, 3.05) is 36.4 Å². The van der Waals surface area contributed by atoms with E-state index in [1.54, 1.807) is 24.3 Å². The zero-order valence-electron chi connectivity index (χ0n) is 17.1. The van der Waals surface area contributed by atoms with Crippen LogP contribution in [-0.4, -0.2) is 47.0 Å². The summed E-state index contributed by atoms with van der Waals surface area (Å²) in [5.74, 6) is 1.47. The first kappa shape index (κ1) is 20.2. The lowest BCUT2D eigenvalue weighted by molar-refractivity contribution is 0.0746. The largest absolute Gasteiger partial charge is 0.340 e. The number of nitrogens with zero attached hydrogens (tertiary/aromatic N) is 4. The van der Waals surface area contributed by atoms with Crippen molar-refractivity contribution >= 4 is 35.0 Å². The zero-order chi connectivity index (χ0) is 21.1. The number of aryl methyl sites for hydroxylation is 2. The monoisotopic (exact) mass is 421 g/mol. The summed E-state index contributed by atoms with van der Waals surface area (Å²) >= 11 is 5.92. The second-order valence-corrected chi connectivity index (χ2v) is 7.91. The van der Waals surface area contributed by atoms with Gasteiger partial charge in [-0.05, 0) is 50.2 Å².